The number of fused-ring (bicyclic) bond motifs is 1. The lowest BCUT2D eigenvalue weighted by atomic mass is 10.0. The van der Waals surface area contributed by atoms with Crippen molar-refractivity contribution in [2.24, 2.45) is 0 Å². The summed E-state index contributed by atoms with van der Waals surface area (Å²) in [4.78, 5) is 24.8. The first-order valence-electron chi connectivity index (χ1n) is 8.09. The summed E-state index contributed by atoms with van der Waals surface area (Å²) in [5.41, 5.74) is -1.000. The second-order valence-electron chi connectivity index (χ2n) is 7.27. The van der Waals surface area contributed by atoms with Crippen molar-refractivity contribution in [1.29, 1.82) is 0 Å². The summed E-state index contributed by atoms with van der Waals surface area (Å²) in [5, 5.41) is 12.9. The van der Waals surface area contributed by atoms with Crippen molar-refractivity contribution in [2.45, 2.75) is 44.8 Å². The molecule has 0 saturated carbocycles. The first kappa shape index (κ1) is 18.1. The van der Waals surface area contributed by atoms with E-state index < -0.39 is 42.2 Å². The molecular formula is C15H20F2N6O3. The number of nitrogens with zero attached hydrogens (tertiary/aromatic N) is 4. The summed E-state index contributed by atoms with van der Waals surface area (Å²) in [6.45, 7) is 4.30. The molecule has 0 aromatic carbocycles. The number of hydrogen-bond donors (Lipinski definition) is 2. The van der Waals surface area contributed by atoms with Gasteiger partial charge in [0.15, 0.2) is 0 Å². The van der Waals surface area contributed by atoms with Crippen LogP contribution in [0.5, 0.6) is 0 Å². The number of H-pyrrole nitrogens is 1. The number of hydrogen-bond acceptors (Lipinski definition) is 6. The van der Waals surface area contributed by atoms with E-state index in [1.54, 1.807) is 20.8 Å². The van der Waals surface area contributed by atoms with E-state index in [-0.39, 0.29) is 18.0 Å². The summed E-state index contributed by atoms with van der Waals surface area (Å²) in [6, 6.07) is 0.686. The molecule has 1 aliphatic heterocycles. The fraction of sp³-hybridized carbons (Fsp3) is 0.600. The molecule has 0 radical (unpaired) electrons. The van der Waals surface area contributed by atoms with Crippen molar-refractivity contribution in [1.82, 2.24) is 24.7 Å². The lowest BCUT2D eigenvalue weighted by Gasteiger charge is -2.38. The minimum atomic E-state index is -3.09. The topological polar surface area (TPSA) is 105 Å². The molecule has 26 heavy (non-hydrogen) atoms. The third-order valence-electron chi connectivity index (χ3n) is 3.73. The van der Waals surface area contributed by atoms with Crippen LogP contribution in [0.3, 0.4) is 0 Å². The molecule has 1 fully saturated rings. The highest BCUT2D eigenvalue weighted by atomic mass is 19.3. The maximum absolute atomic E-state index is 14.1. The molecule has 3 heterocycles. The Bertz CT molecular complexity index is 872. The molecule has 2 aromatic heterocycles. The summed E-state index contributed by atoms with van der Waals surface area (Å²) in [5.74, 6) is -2.98. The molecule has 1 amide bonds. The molecule has 3 rings (SSSR count). The number of nitrogens with one attached hydrogen (secondary N) is 2. The number of rotatable bonds is 2. The molecule has 11 heteroatoms. The van der Waals surface area contributed by atoms with E-state index in [1.807, 2.05) is 0 Å². The van der Waals surface area contributed by atoms with Gasteiger partial charge in [-0.05, 0) is 26.8 Å². The van der Waals surface area contributed by atoms with E-state index in [2.05, 4.69) is 20.6 Å². The van der Waals surface area contributed by atoms with Gasteiger partial charge in [0.2, 0.25) is 5.95 Å². The Hall–Kier alpha value is -2.72. The van der Waals surface area contributed by atoms with Crippen LogP contribution >= 0.6 is 0 Å². The van der Waals surface area contributed by atoms with Crippen molar-refractivity contribution in [3.63, 3.8) is 0 Å². The van der Waals surface area contributed by atoms with Gasteiger partial charge in [-0.2, -0.15) is 9.61 Å². The molecule has 1 aliphatic rings. The maximum Gasteiger partial charge on any atom is 0.410 e. The van der Waals surface area contributed by atoms with Gasteiger partial charge in [0.25, 0.3) is 11.5 Å². The van der Waals surface area contributed by atoms with E-state index in [0.717, 1.165) is 4.90 Å². The number of likely N-dealkylation sites (tertiary alicyclic amines) is 1. The second-order valence-corrected chi connectivity index (χ2v) is 7.27. The Morgan fingerprint density at radius 1 is 1.46 bits per heavy atom. The van der Waals surface area contributed by atoms with E-state index in [1.165, 1.54) is 16.8 Å². The van der Waals surface area contributed by atoms with E-state index in [4.69, 9.17) is 4.74 Å². The lowest BCUT2D eigenvalue weighted by molar-refractivity contribution is -0.0723. The molecule has 1 saturated heterocycles. The van der Waals surface area contributed by atoms with Crippen LogP contribution in [0.25, 0.3) is 5.52 Å². The fourth-order valence-electron chi connectivity index (χ4n) is 2.79. The predicted octanol–water partition coefficient (Wildman–Crippen LogP) is 1.47. The standard InChI is InChI=1S/C15H20F2N6O3/c1-14(2,3)26-13(25)22-7-9(6-15(16,17)8-22)19-12-21-20-11(24)10-4-5-18-23(10)12/h4-5,9H,6-8H2,1-3H3,(H,19,21)(H,20,24)/t9-/m1/s1. The van der Waals surface area contributed by atoms with Crippen LogP contribution in [0.4, 0.5) is 19.5 Å². The maximum atomic E-state index is 14.1. The second kappa shape index (κ2) is 6.22. The van der Waals surface area contributed by atoms with Crippen molar-refractivity contribution in [3.05, 3.63) is 22.6 Å². The Kier molecular flexibility index (Phi) is 4.32. The van der Waals surface area contributed by atoms with Crippen LogP contribution in [0.2, 0.25) is 0 Å². The first-order valence-corrected chi connectivity index (χ1v) is 8.09. The van der Waals surface area contributed by atoms with Gasteiger partial charge >= 0.3 is 6.09 Å². The van der Waals surface area contributed by atoms with Crippen LogP contribution < -0.4 is 10.9 Å². The number of amides is 1. The van der Waals surface area contributed by atoms with Crippen molar-refractivity contribution in [3.8, 4) is 0 Å². The summed E-state index contributed by atoms with van der Waals surface area (Å²) < 4.78 is 34.7. The molecule has 0 spiro atoms. The zero-order chi connectivity index (χ0) is 19.1. The highest BCUT2D eigenvalue weighted by Gasteiger charge is 2.43. The van der Waals surface area contributed by atoms with Gasteiger partial charge in [-0.15, -0.1) is 5.10 Å². The largest absolute Gasteiger partial charge is 0.444 e. The van der Waals surface area contributed by atoms with Crippen LogP contribution in [0.15, 0.2) is 17.1 Å². The third kappa shape index (κ3) is 3.92. The molecule has 9 nitrogen and oxygen atoms in total. The Balaban J connectivity index is 1.80. The number of aromatic nitrogens is 4. The van der Waals surface area contributed by atoms with Gasteiger partial charge in [0.05, 0.1) is 18.8 Å². The van der Waals surface area contributed by atoms with E-state index in [0.29, 0.717) is 0 Å². The monoisotopic (exact) mass is 370 g/mol. The van der Waals surface area contributed by atoms with Gasteiger partial charge in [0.1, 0.15) is 11.1 Å². The number of aromatic amines is 1. The minimum Gasteiger partial charge on any atom is -0.444 e. The van der Waals surface area contributed by atoms with Crippen molar-refractivity contribution >= 4 is 17.6 Å². The molecule has 0 unspecified atom stereocenters. The minimum absolute atomic E-state index is 0.00801. The molecule has 2 N–H and O–H groups in total. The molecular weight excluding hydrogens is 350 g/mol. The zero-order valence-corrected chi connectivity index (χ0v) is 14.6. The Labute approximate surface area is 147 Å². The van der Waals surface area contributed by atoms with Gasteiger partial charge in [-0.25, -0.2) is 18.7 Å². The number of carbonyl (C=O) groups is 1. The van der Waals surface area contributed by atoms with E-state index >= 15 is 0 Å². The fourth-order valence-corrected chi connectivity index (χ4v) is 2.79. The summed E-state index contributed by atoms with van der Waals surface area (Å²) in [7, 11) is 0. The predicted molar refractivity (Wildman–Crippen MR) is 88.4 cm³/mol. The van der Waals surface area contributed by atoms with Gasteiger partial charge in [0, 0.05) is 13.0 Å². The number of piperidine rings is 1. The summed E-state index contributed by atoms with van der Waals surface area (Å²) in [6.07, 6.45) is 0.109. The number of alkyl halides is 2. The lowest BCUT2D eigenvalue weighted by Crippen LogP contribution is -2.54. The Morgan fingerprint density at radius 2 is 2.19 bits per heavy atom. The highest BCUT2D eigenvalue weighted by molar-refractivity contribution is 5.68. The van der Waals surface area contributed by atoms with Gasteiger partial charge < -0.3 is 15.0 Å². The number of ether oxygens (including phenoxy) is 1. The summed E-state index contributed by atoms with van der Waals surface area (Å²) >= 11 is 0. The number of halogens is 2. The van der Waals surface area contributed by atoms with Gasteiger partial charge in [-0.1, -0.05) is 0 Å². The van der Waals surface area contributed by atoms with Crippen LogP contribution in [-0.2, 0) is 4.74 Å². The average Bonchev–Trinajstić information content (AvgIpc) is 2.97. The Morgan fingerprint density at radius 3 is 2.88 bits per heavy atom. The molecule has 0 aliphatic carbocycles. The molecule has 1 atom stereocenters. The quantitative estimate of drug-likeness (QED) is 0.830. The van der Waals surface area contributed by atoms with E-state index in [9.17, 15) is 18.4 Å². The molecule has 0 bridgehead atoms. The van der Waals surface area contributed by atoms with Crippen molar-refractivity contribution in [2.75, 3.05) is 18.4 Å². The average molecular weight is 370 g/mol. The first-order chi connectivity index (χ1) is 12.0. The van der Waals surface area contributed by atoms with Crippen LogP contribution in [0, 0.1) is 0 Å². The smallest absolute Gasteiger partial charge is 0.410 e. The molecule has 142 valence electrons. The van der Waals surface area contributed by atoms with Crippen molar-refractivity contribution < 1.29 is 18.3 Å². The SMILES string of the molecule is CC(C)(C)OC(=O)N1C[C@H](Nc2n[nH]c(=O)c3ccnn23)CC(F)(F)C1. The number of carbonyl (C=O) groups excluding carboxylic acids is 1. The van der Waals surface area contributed by atoms with Crippen LogP contribution in [0.1, 0.15) is 27.2 Å². The molecule has 2 aromatic rings. The normalized spacial score (nSPS) is 20.2. The van der Waals surface area contributed by atoms with Crippen LogP contribution in [-0.4, -0.2) is 61.5 Å². The third-order valence-corrected chi connectivity index (χ3v) is 3.73. The number of anilines is 1. The highest BCUT2D eigenvalue weighted by Crippen LogP contribution is 2.29. The zero-order valence-electron chi connectivity index (χ0n) is 14.6. The van der Waals surface area contributed by atoms with Gasteiger partial charge in [-0.3, -0.25) is 4.79 Å².